The van der Waals surface area contributed by atoms with E-state index in [-0.39, 0.29) is 6.03 Å². The molecule has 0 atom stereocenters. The first-order valence-electron chi connectivity index (χ1n) is 10.1. The topological polar surface area (TPSA) is 64.3 Å². The highest BCUT2D eigenvalue weighted by Crippen LogP contribution is 2.28. The number of hydrogen-bond acceptors (Lipinski definition) is 3. The molecule has 2 aliphatic rings. The number of carbonyl (C=O) groups is 1. The van der Waals surface area contributed by atoms with Gasteiger partial charge in [-0.05, 0) is 55.9 Å². The number of piperidine rings is 2. The number of hydrogen-bond donors (Lipinski definition) is 2. The lowest BCUT2D eigenvalue weighted by atomic mass is 9.94. The summed E-state index contributed by atoms with van der Waals surface area (Å²) in [5.74, 6) is 1.29. The Balaban J connectivity index is 1.33. The number of likely N-dealkylation sites (tertiary alicyclic amines) is 1. The maximum Gasteiger partial charge on any atom is 0.321 e. The lowest BCUT2D eigenvalue weighted by Gasteiger charge is -2.33. The molecule has 6 heteroatoms. The molecule has 2 fully saturated rings. The van der Waals surface area contributed by atoms with Crippen molar-refractivity contribution in [1.29, 1.82) is 0 Å². The highest BCUT2D eigenvalue weighted by Gasteiger charge is 2.24. The minimum absolute atomic E-state index is 0.00229. The summed E-state index contributed by atoms with van der Waals surface area (Å²) >= 11 is 0. The third-order valence-electron chi connectivity index (χ3n) is 5.99. The van der Waals surface area contributed by atoms with Crippen molar-refractivity contribution in [2.45, 2.75) is 38.5 Å². The molecular formula is C21H29N5O. The number of carbonyl (C=O) groups excluding carboxylic acids is 1. The average molecular weight is 367 g/mol. The summed E-state index contributed by atoms with van der Waals surface area (Å²) in [5.41, 5.74) is 3.27. The fraction of sp³-hybridized carbons (Fsp3) is 0.524. The Morgan fingerprint density at radius 1 is 1.11 bits per heavy atom. The van der Waals surface area contributed by atoms with Crippen LogP contribution in [0.1, 0.15) is 44.2 Å². The summed E-state index contributed by atoms with van der Waals surface area (Å²) in [6.07, 6.45) is 6.22. The fourth-order valence-electron chi connectivity index (χ4n) is 4.14. The molecule has 3 heterocycles. The Labute approximate surface area is 160 Å². The van der Waals surface area contributed by atoms with Gasteiger partial charge in [-0.15, -0.1) is 0 Å². The zero-order chi connectivity index (χ0) is 18.6. The average Bonchev–Trinajstić information content (AvgIpc) is 3.24. The number of aromatic nitrogens is 2. The summed E-state index contributed by atoms with van der Waals surface area (Å²) in [6, 6.07) is 10.3. The highest BCUT2D eigenvalue weighted by atomic mass is 16.2. The van der Waals surface area contributed by atoms with Crippen molar-refractivity contribution < 1.29 is 4.79 Å². The molecule has 4 rings (SSSR count). The van der Waals surface area contributed by atoms with Crippen molar-refractivity contribution >= 4 is 17.4 Å². The molecule has 0 radical (unpaired) electrons. The number of H-pyrrole nitrogens is 1. The van der Waals surface area contributed by atoms with Crippen LogP contribution in [0, 0.1) is 5.92 Å². The van der Waals surface area contributed by atoms with Gasteiger partial charge in [0.2, 0.25) is 0 Å². The molecule has 2 saturated heterocycles. The van der Waals surface area contributed by atoms with Crippen LogP contribution in [0.25, 0.3) is 0 Å². The predicted molar refractivity (Wildman–Crippen MR) is 108 cm³/mol. The van der Waals surface area contributed by atoms with E-state index in [1.54, 1.807) is 6.20 Å². The maximum atomic E-state index is 12.7. The van der Waals surface area contributed by atoms with Gasteiger partial charge in [0.15, 0.2) is 0 Å². The first-order valence-corrected chi connectivity index (χ1v) is 10.1. The Kier molecular flexibility index (Phi) is 5.32. The number of rotatable bonds is 3. The molecule has 2 amide bonds. The maximum absolute atomic E-state index is 12.7. The van der Waals surface area contributed by atoms with Gasteiger partial charge in [-0.1, -0.05) is 13.0 Å². The lowest BCUT2D eigenvalue weighted by Crippen LogP contribution is -2.40. The molecule has 0 aliphatic carbocycles. The van der Waals surface area contributed by atoms with Crippen LogP contribution >= 0.6 is 0 Å². The summed E-state index contributed by atoms with van der Waals surface area (Å²) < 4.78 is 0. The van der Waals surface area contributed by atoms with E-state index in [2.05, 4.69) is 39.5 Å². The third kappa shape index (κ3) is 4.26. The van der Waals surface area contributed by atoms with Gasteiger partial charge in [0, 0.05) is 55.4 Å². The zero-order valence-corrected chi connectivity index (χ0v) is 16.0. The molecule has 144 valence electrons. The highest BCUT2D eigenvalue weighted by molar-refractivity contribution is 5.90. The molecule has 6 nitrogen and oxygen atoms in total. The predicted octanol–water partition coefficient (Wildman–Crippen LogP) is 4.06. The Morgan fingerprint density at radius 3 is 2.59 bits per heavy atom. The van der Waals surface area contributed by atoms with E-state index in [4.69, 9.17) is 0 Å². The number of amides is 2. The van der Waals surface area contributed by atoms with Gasteiger partial charge in [-0.2, -0.15) is 5.10 Å². The minimum Gasteiger partial charge on any atom is -0.371 e. The standard InChI is InChI=1S/C21H29N5O/c1-16-6-11-25(12-7-16)19-4-2-3-18(15-19)23-21(27)26-13-8-17(9-14-26)20-5-10-22-24-20/h2-5,10,15-17H,6-9,11-14H2,1H3,(H,22,24)(H,23,27). The monoisotopic (exact) mass is 367 g/mol. The number of urea groups is 1. The van der Waals surface area contributed by atoms with Crippen LogP contribution in [-0.2, 0) is 0 Å². The van der Waals surface area contributed by atoms with Gasteiger partial charge >= 0.3 is 6.03 Å². The number of aromatic amines is 1. The van der Waals surface area contributed by atoms with E-state index in [1.165, 1.54) is 24.2 Å². The smallest absolute Gasteiger partial charge is 0.321 e. The van der Waals surface area contributed by atoms with Crippen LogP contribution in [0.15, 0.2) is 36.5 Å². The minimum atomic E-state index is 0.00229. The van der Waals surface area contributed by atoms with Crippen LogP contribution in [0.2, 0.25) is 0 Å². The molecule has 0 bridgehead atoms. The van der Waals surface area contributed by atoms with Crippen molar-refractivity contribution in [3.63, 3.8) is 0 Å². The zero-order valence-electron chi connectivity index (χ0n) is 16.0. The summed E-state index contributed by atoms with van der Waals surface area (Å²) in [7, 11) is 0. The van der Waals surface area contributed by atoms with E-state index in [1.807, 2.05) is 23.1 Å². The SMILES string of the molecule is CC1CCN(c2cccc(NC(=O)N3CCC(c4ccn[nH]4)CC3)c2)CC1. The molecule has 2 aliphatic heterocycles. The largest absolute Gasteiger partial charge is 0.371 e. The van der Waals surface area contributed by atoms with Crippen LogP contribution in [-0.4, -0.2) is 47.3 Å². The van der Waals surface area contributed by atoms with Crippen molar-refractivity contribution in [2.24, 2.45) is 5.92 Å². The van der Waals surface area contributed by atoms with Crippen molar-refractivity contribution in [3.8, 4) is 0 Å². The van der Waals surface area contributed by atoms with Crippen LogP contribution in [0.5, 0.6) is 0 Å². The summed E-state index contributed by atoms with van der Waals surface area (Å²) in [6.45, 7) is 6.07. The first-order chi connectivity index (χ1) is 13.2. The Bertz CT molecular complexity index is 744. The summed E-state index contributed by atoms with van der Waals surface area (Å²) in [5, 5.41) is 10.2. The van der Waals surface area contributed by atoms with E-state index >= 15 is 0 Å². The molecule has 1 aromatic carbocycles. The summed E-state index contributed by atoms with van der Waals surface area (Å²) in [4.78, 5) is 17.0. The second kappa shape index (κ2) is 8.03. The van der Waals surface area contributed by atoms with E-state index < -0.39 is 0 Å². The molecule has 0 unspecified atom stereocenters. The molecule has 1 aromatic heterocycles. The van der Waals surface area contributed by atoms with Gasteiger partial charge in [-0.3, -0.25) is 5.10 Å². The van der Waals surface area contributed by atoms with E-state index in [0.717, 1.165) is 50.6 Å². The fourth-order valence-corrected chi connectivity index (χ4v) is 4.14. The number of nitrogens with zero attached hydrogens (tertiary/aromatic N) is 3. The second-order valence-corrected chi connectivity index (χ2v) is 7.92. The van der Waals surface area contributed by atoms with Crippen molar-refractivity contribution in [1.82, 2.24) is 15.1 Å². The molecule has 0 spiro atoms. The van der Waals surface area contributed by atoms with Gasteiger partial charge in [-0.25, -0.2) is 4.79 Å². The quantitative estimate of drug-likeness (QED) is 0.860. The molecule has 2 aromatic rings. The van der Waals surface area contributed by atoms with E-state index in [9.17, 15) is 4.79 Å². The van der Waals surface area contributed by atoms with Crippen LogP contribution in [0.3, 0.4) is 0 Å². The number of nitrogens with one attached hydrogen (secondary N) is 2. The van der Waals surface area contributed by atoms with Crippen molar-refractivity contribution in [2.75, 3.05) is 36.4 Å². The number of benzene rings is 1. The lowest BCUT2D eigenvalue weighted by molar-refractivity contribution is 0.194. The van der Waals surface area contributed by atoms with Gasteiger partial charge in [0.25, 0.3) is 0 Å². The van der Waals surface area contributed by atoms with Gasteiger partial charge < -0.3 is 15.1 Å². The molecular weight excluding hydrogens is 338 g/mol. The number of anilines is 2. The molecule has 0 saturated carbocycles. The Morgan fingerprint density at radius 2 is 1.89 bits per heavy atom. The van der Waals surface area contributed by atoms with Crippen molar-refractivity contribution in [3.05, 3.63) is 42.2 Å². The van der Waals surface area contributed by atoms with Gasteiger partial charge in [0.1, 0.15) is 0 Å². The Hall–Kier alpha value is -2.50. The van der Waals surface area contributed by atoms with Gasteiger partial charge in [0.05, 0.1) is 0 Å². The van der Waals surface area contributed by atoms with Crippen LogP contribution < -0.4 is 10.2 Å². The molecule has 2 N–H and O–H groups in total. The normalized spacial score (nSPS) is 19.3. The first kappa shape index (κ1) is 17.9. The van der Waals surface area contributed by atoms with Crippen LogP contribution in [0.4, 0.5) is 16.2 Å². The van der Waals surface area contributed by atoms with E-state index in [0.29, 0.717) is 5.92 Å². The molecule has 27 heavy (non-hydrogen) atoms. The third-order valence-corrected chi connectivity index (χ3v) is 5.99. The second-order valence-electron chi connectivity index (χ2n) is 7.92.